The number of nitrogens with two attached hydrogens (primary N) is 1. The fourth-order valence-corrected chi connectivity index (χ4v) is 5.74. The Morgan fingerprint density at radius 1 is 0.955 bits per heavy atom. The highest BCUT2D eigenvalue weighted by Gasteiger charge is 2.46. The summed E-state index contributed by atoms with van der Waals surface area (Å²) in [6.45, 7) is -0.951. The number of nitrogen functional groups attached to an aromatic ring is 1. The van der Waals surface area contributed by atoms with Crippen molar-refractivity contribution in [2.24, 2.45) is 5.92 Å². The first-order valence-electron chi connectivity index (χ1n) is 14.2. The average molecular weight is 597 g/mol. The van der Waals surface area contributed by atoms with E-state index in [4.69, 9.17) is 10.2 Å². The zero-order valence-electron chi connectivity index (χ0n) is 23.4. The third kappa shape index (κ3) is 5.39. The molecule has 2 atom stereocenters. The number of amides is 2. The second kappa shape index (κ2) is 10.6. The summed E-state index contributed by atoms with van der Waals surface area (Å²) in [5, 5.41) is 3.76. The quantitative estimate of drug-likeness (QED) is 0.227. The first kappa shape index (κ1) is 27.7. The number of hydrogen-bond donors (Lipinski definition) is 2. The Bertz CT molecular complexity index is 1880. The van der Waals surface area contributed by atoms with Crippen LogP contribution >= 0.6 is 0 Å². The van der Waals surface area contributed by atoms with E-state index in [1.54, 1.807) is 48.7 Å². The molecule has 222 valence electrons. The molecule has 1 saturated carbocycles. The van der Waals surface area contributed by atoms with E-state index in [1.165, 1.54) is 12.1 Å². The van der Waals surface area contributed by atoms with Crippen LogP contribution in [0.5, 0.6) is 0 Å². The van der Waals surface area contributed by atoms with Crippen LogP contribution in [0.3, 0.4) is 0 Å². The molecule has 7 rings (SSSR count). The van der Waals surface area contributed by atoms with E-state index >= 15 is 0 Å². The van der Waals surface area contributed by atoms with Crippen LogP contribution in [0.2, 0.25) is 0 Å². The fraction of sp³-hybridized carbons (Fsp3) is 0.206. The Kier molecular flexibility index (Phi) is 6.64. The van der Waals surface area contributed by atoms with E-state index in [0.29, 0.717) is 22.7 Å². The summed E-state index contributed by atoms with van der Waals surface area (Å²) in [5.74, 6) is -2.72. The Morgan fingerprint density at radius 3 is 2.36 bits per heavy atom. The van der Waals surface area contributed by atoms with Crippen molar-refractivity contribution in [3.05, 3.63) is 108 Å². The van der Waals surface area contributed by atoms with Crippen molar-refractivity contribution >= 4 is 28.6 Å². The minimum atomic E-state index is -2.83. The second-order valence-corrected chi connectivity index (χ2v) is 11.4. The van der Waals surface area contributed by atoms with Crippen molar-refractivity contribution < 1.29 is 27.2 Å². The minimum Gasteiger partial charge on any atom is -0.459 e. The number of nitrogens with one attached hydrogen (secondary N) is 1. The van der Waals surface area contributed by atoms with Gasteiger partial charge >= 0.3 is 0 Å². The number of furan rings is 1. The lowest BCUT2D eigenvalue weighted by atomic mass is 9.96. The maximum atomic E-state index is 13.8. The van der Waals surface area contributed by atoms with Crippen molar-refractivity contribution in [1.29, 1.82) is 0 Å². The lowest BCUT2D eigenvalue weighted by molar-refractivity contribution is -0.122. The predicted octanol–water partition coefficient (Wildman–Crippen LogP) is 6.39. The summed E-state index contributed by atoms with van der Waals surface area (Å²) in [4.78, 5) is 30.7. The van der Waals surface area contributed by atoms with Gasteiger partial charge in [0.25, 0.3) is 11.8 Å². The zero-order valence-corrected chi connectivity index (χ0v) is 23.4. The Labute approximate surface area is 250 Å². The summed E-state index contributed by atoms with van der Waals surface area (Å²) in [6, 6.07) is 22.2. The van der Waals surface area contributed by atoms with Gasteiger partial charge in [-0.25, -0.2) is 18.2 Å². The van der Waals surface area contributed by atoms with Crippen LogP contribution < -0.4 is 11.1 Å². The maximum absolute atomic E-state index is 13.8. The van der Waals surface area contributed by atoms with Crippen molar-refractivity contribution in [2.75, 3.05) is 18.8 Å². The number of pyridine rings is 1. The Hall–Kier alpha value is -5.12. The van der Waals surface area contributed by atoms with Gasteiger partial charge in [-0.2, -0.15) is 0 Å². The first-order valence-corrected chi connectivity index (χ1v) is 14.2. The average Bonchev–Trinajstić information content (AvgIpc) is 3.70. The highest BCUT2D eigenvalue weighted by atomic mass is 19.3. The fourth-order valence-electron chi connectivity index (χ4n) is 5.74. The SMILES string of the molecule is Nc1ccc(C2CC2C(=O)NCc2cc3cc(-c4ccc(C(=O)N5CC(F)(F)C5)cc4)cc(-c4ccc(F)cc4)c3o2)cn1. The summed E-state index contributed by atoms with van der Waals surface area (Å²) in [6.07, 6.45) is 2.45. The number of halogens is 3. The van der Waals surface area contributed by atoms with Gasteiger partial charge in [0.15, 0.2) is 0 Å². The van der Waals surface area contributed by atoms with Crippen LogP contribution in [0.1, 0.15) is 34.0 Å². The van der Waals surface area contributed by atoms with Crippen LogP contribution in [-0.2, 0) is 11.3 Å². The van der Waals surface area contributed by atoms with E-state index in [-0.39, 0.29) is 30.1 Å². The standard InChI is InChI=1S/C34H27F3N4O3/c35-25-8-5-20(6-9-25)28-13-23(19-1-3-21(4-2-19)33(43)41-17-34(36,37)18-41)11-24-12-26(44-31(24)28)16-40-32(42)29-14-27(29)22-7-10-30(38)39-15-22/h1-13,15,27,29H,14,16-18H2,(H2,38,39)(H,40,42). The Morgan fingerprint density at radius 2 is 1.68 bits per heavy atom. The van der Waals surface area contributed by atoms with Gasteiger partial charge in [-0.05, 0) is 83.1 Å². The van der Waals surface area contributed by atoms with Gasteiger partial charge < -0.3 is 20.4 Å². The number of likely N-dealkylation sites (tertiary alicyclic amines) is 1. The number of anilines is 1. The number of carbonyl (C=O) groups excluding carboxylic acids is 2. The third-order valence-electron chi connectivity index (χ3n) is 8.22. The number of nitrogens with zero attached hydrogens (tertiary/aromatic N) is 2. The molecule has 10 heteroatoms. The van der Waals surface area contributed by atoms with Crippen molar-refractivity contribution in [2.45, 2.75) is 24.8 Å². The van der Waals surface area contributed by atoms with Gasteiger partial charge in [0.2, 0.25) is 5.91 Å². The van der Waals surface area contributed by atoms with E-state index in [1.807, 2.05) is 24.3 Å². The van der Waals surface area contributed by atoms with Gasteiger partial charge in [-0.1, -0.05) is 30.3 Å². The highest BCUT2D eigenvalue weighted by molar-refractivity contribution is 5.98. The van der Waals surface area contributed by atoms with E-state index in [2.05, 4.69) is 10.3 Å². The van der Waals surface area contributed by atoms with Crippen LogP contribution in [0.15, 0.2) is 89.5 Å². The molecule has 0 bridgehead atoms. The molecule has 1 saturated heterocycles. The molecule has 1 aliphatic heterocycles. The second-order valence-electron chi connectivity index (χ2n) is 11.4. The van der Waals surface area contributed by atoms with Crippen LogP contribution in [0.25, 0.3) is 33.2 Å². The largest absolute Gasteiger partial charge is 0.459 e. The minimum absolute atomic E-state index is 0.0664. The molecule has 0 spiro atoms. The van der Waals surface area contributed by atoms with Crippen molar-refractivity contribution in [3.63, 3.8) is 0 Å². The van der Waals surface area contributed by atoms with Gasteiger partial charge in [-0.3, -0.25) is 9.59 Å². The number of benzene rings is 3. The van der Waals surface area contributed by atoms with E-state index < -0.39 is 24.9 Å². The lowest BCUT2D eigenvalue weighted by Gasteiger charge is -2.38. The molecule has 5 aromatic rings. The molecule has 44 heavy (non-hydrogen) atoms. The summed E-state index contributed by atoms with van der Waals surface area (Å²) in [7, 11) is 0. The van der Waals surface area contributed by atoms with Gasteiger partial charge in [0.05, 0.1) is 19.6 Å². The monoisotopic (exact) mass is 596 g/mol. The number of hydrogen-bond acceptors (Lipinski definition) is 5. The van der Waals surface area contributed by atoms with Crippen LogP contribution in [0, 0.1) is 11.7 Å². The van der Waals surface area contributed by atoms with E-state index in [0.717, 1.165) is 44.5 Å². The molecular formula is C34H27F3N4O3. The molecule has 2 unspecified atom stereocenters. The zero-order chi connectivity index (χ0) is 30.6. The van der Waals surface area contributed by atoms with Crippen molar-refractivity contribution in [3.8, 4) is 22.3 Å². The molecule has 2 amide bonds. The molecule has 7 nitrogen and oxygen atoms in total. The Balaban J connectivity index is 1.13. The molecule has 2 fully saturated rings. The molecule has 3 N–H and O–H groups in total. The number of aromatic nitrogens is 1. The molecule has 2 aliphatic rings. The third-order valence-corrected chi connectivity index (χ3v) is 8.22. The smallest absolute Gasteiger partial charge is 0.282 e. The normalized spacial score (nSPS) is 18.6. The summed E-state index contributed by atoms with van der Waals surface area (Å²) < 4.78 is 46.5. The van der Waals surface area contributed by atoms with Crippen LogP contribution in [-0.4, -0.2) is 40.7 Å². The van der Waals surface area contributed by atoms with Gasteiger partial charge in [0.1, 0.15) is 23.0 Å². The highest BCUT2D eigenvalue weighted by Crippen LogP contribution is 2.47. The molecule has 2 aromatic heterocycles. The molecule has 3 aromatic carbocycles. The van der Waals surface area contributed by atoms with Gasteiger partial charge in [0, 0.05) is 28.6 Å². The number of rotatable bonds is 7. The number of carbonyl (C=O) groups is 2. The number of alkyl halides is 2. The topological polar surface area (TPSA) is 101 Å². The molecule has 0 radical (unpaired) electrons. The maximum Gasteiger partial charge on any atom is 0.282 e. The predicted molar refractivity (Wildman–Crippen MR) is 159 cm³/mol. The molecule has 3 heterocycles. The summed E-state index contributed by atoms with van der Waals surface area (Å²) >= 11 is 0. The molecule has 1 aliphatic carbocycles. The van der Waals surface area contributed by atoms with E-state index in [9.17, 15) is 22.8 Å². The summed E-state index contributed by atoms with van der Waals surface area (Å²) in [5.41, 5.74) is 10.7. The molecular weight excluding hydrogens is 569 g/mol. The van der Waals surface area contributed by atoms with Crippen LogP contribution in [0.4, 0.5) is 19.0 Å². The van der Waals surface area contributed by atoms with Crippen molar-refractivity contribution in [1.82, 2.24) is 15.2 Å². The lowest BCUT2D eigenvalue weighted by Crippen LogP contribution is -2.58. The van der Waals surface area contributed by atoms with Gasteiger partial charge in [-0.15, -0.1) is 0 Å². The first-order chi connectivity index (χ1) is 21.1. The number of fused-ring (bicyclic) bond motifs is 1.